The number of ketones is 1. The summed E-state index contributed by atoms with van der Waals surface area (Å²) in [7, 11) is 1.72. The van der Waals surface area contributed by atoms with E-state index in [9.17, 15) is 4.79 Å². The van der Waals surface area contributed by atoms with Crippen LogP contribution in [0.25, 0.3) is 0 Å². The number of hydrogen-bond donors (Lipinski definition) is 0. The zero-order chi connectivity index (χ0) is 14.7. The van der Waals surface area contributed by atoms with Crippen LogP contribution in [0.4, 0.5) is 0 Å². The van der Waals surface area contributed by atoms with Crippen LogP contribution in [-0.2, 0) is 4.74 Å². The van der Waals surface area contributed by atoms with Crippen LogP contribution < -0.4 is 0 Å². The number of hydrogen-bond acceptors (Lipinski definition) is 3. The summed E-state index contributed by atoms with van der Waals surface area (Å²) in [5, 5.41) is 0.979. The molecule has 0 N–H and O–H groups in total. The molecule has 0 aromatic heterocycles. The lowest BCUT2D eigenvalue weighted by atomic mass is 9.95. The van der Waals surface area contributed by atoms with Gasteiger partial charge in [-0.1, -0.05) is 30.1 Å². The molecule has 0 radical (unpaired) electrons. The van der Waals surface area contributed by atoms with Crippen molar-refractivity contribution in [2.45, 2.75) is 19.4 Å². The van der Waals surface area contributed by atoms with E-state index in [2.05, 4.69) is 11.8 Å². The first kappa shape index (κ1) is 15.8. The van der Waals surface area contributed by atoms with E-state index in [4.69, 9.17) is 27.9 Å². The van der Waals surface area contributed by atoms with Crippen molar-refractivity contribution >= 4 is 29.0 Å². The molecule has 1 fully saturated rings. The van der Waals surface area contributed by atoms with Crippen molar-refractivity contribution < 1.29 is 9.53 Å². The molecule has 1 aromatic carbocycles. The first-order valence-corrected chi connectivity index (χ1v) is 7.50. The Hall–Kier alpha value is -0.610. The Morgan fingerprint density at radius 2 is 2.20 bits per heavy atom. The fourth-order valence-electron chi connectivity index (χ4n) is 2.55. The predicted molar refractivity (Wildman–Crippen MR) is 81.8 cm³/mol. The smallest absolute Gasteiger partial charge is 0.178 e. The van der Waals surface area contributed by atoms with Crippen molar-refractivity contribution in [2.75, 3.05) is 26.7 Å². The van der Waals surface area contributed by atoms with Crippen LogP contribution in [0.3, 0.4) is 0 Å². The molecule has 2 atom stereocenters. The van der Waals surface area contributed by atoms with Gasteiger partial charge in [0.25, 0.3) is 0 Å². The van der Waals surface area contributed by atoms with Crippen molar-refractivity contribution in [1.82, 2.24) is 4.90 Å². The minimum atomic E-state index is 0.00176. The number of halogens is 2. The standard InChI is InChI=1S/C15H19Cl2NO2/c1-10-5-6-18(9-15(10)20-2)8-14(19)12-7-11(16)3-4-13(12)17/h3-4,7,10,15H,5-6,8-9H2,1-2H3. The Morgan fingerprint density at radius 1 is 1.45 bits per heavy atom. The van der Waals surface area contributed by atoms with Crippen molar-refractivity contribution in [3.05, 3.63) is 33.8 Å². The molecule has 5 heteroatoms. The highest BCUT2D eigenvalue weighted by molar-refractivity contribution is 6.36. The highest BCUT2D eigenvalue weighted by Crippen LogP contribution is 2.23. The summed E-state index contributed by atoms with van der Waals surface area (Å²) >= 11 is 12.0. The highest BCUT2D eigenvalue weighted by atomic mass is 35.5. The number of rotatable bonds is 4. The molecule has 20 heavy (non-hydrogen) atoms. The van der Waals surface area contributed by atoms with Crippen LogP contribution in [0.15, 0.2) is 18.2 Å². The number of carbonyl (C=O) groups excluding carboxylic acids is 1. The van der Waals surface area contributed by atoms with E-state index < -0.39 is 0 Å². The maximum absolute atomic E-state index is 12.3. The maximum Gasteiger partial charge on any atom is 0.178 e. The Balaban J connectivity index is 2.03. The van der Waals surface area contributed by atoms with Crippen molar-refractivity contribution in [3.63, 3.8) is 0 Å². The molecule has 2 rings (SSSR count). The van der Waals surface area contributed by atoms with Gasteiger partial charge in [-0.15, -0.1) is 0 Å². The third-order valence-corrected chi connectivity index (χ3v) is 4.44. The average molecular weight is 316 g/mol. The van der Waals surface area contributed by atoms with E-state index in [-0.39, 0.29) is 11.9 Å². The molecular formula is C15H19Cl2NO2. The monoisotopic (exact) mass is 315 g/mol. The van der Waals surface area contributed by atoms with Gasteiger partial charge >= 0.3 is 0 Å². The van der Waals surface area contributed by atoms with E-state index in [0.29, 0.717) is 28.1 Å². The summed E-state index contributed by atoms with van der Waals surface area (Å²) in [4.78, 5) is 14.5. The summed E-state index contributed by atoms with van der Waals surface area (Å²) in [6.07, 6.45) is 1.22. The van der Waals surface area contributed by atoms with Crippen LogP contribution in [0, 0.1) is 5.92 Å². The zero-order valence-corrected chi connectivity index (χ0v) is 13.2. The molecule has 0 spiro atoms. The third-order valence-electron chi connectivity index (χ3n) is 3.87. The van der Waals surface area contributed by atoms with Gasteiger partial charge in [-0.3, -0.25) is 9.69 Å². The summed E-state index contributed by atoms with van der Waals surface area (Å²) in [5.41, 5.74) is 0.492. The van der Waals surface area contributed by atoms with Gasteiger partial charge in [0, 0.05) is 24.2 Å². The maximum atomic E-state index is 12.3. The first-order valence-electron chi connectivity index (χ1n) is 6.74. The van der Waals surface area contributed by atoms with Crippen LogP contribution in [0.2, 0.25) is 10.0 Å². The van der Waals surface area contributed by atoms with E-state index in [0.717, 1.165) is 19.5 Å². The van der Waals surface area contributed by atoms with Gasteiger partial charge in [-0.05, 0) is 37.1 Å². The van der Waals surface area contributed by atoms with Crippen molar-refractivity contribution in [1.29, 1.82) is 0 Å². The summed E-state index contributed by atoms with van der Waals surface area (Å²) < 4.78 is 5.46. The molecule has 2 unspecified atom stereocenters. The van der Waals surface area contributed by atoms with Gasteiger partial charge in [0.15, 0.2) is 5.78 Å². The number of Topliss-reactive ketones (excluding diaryl/α,β-unsaturated/α-hetero) is 1. The van der Waals surface area contributed by atoms with Crippen LogP contribution in [0.5, 0.6) is 0 Å². The van der Waals surface area contributed by atoms with E-state index in [1.807, 2.05) is 0 Å². The molecular weight excluding hydrogens is 297 g/mol. The molecule has 1 saturated heterocycles. The first-order chi connectivity index (χ1) is 9.51. The fourth-order valence-corrected chi connectivity index (χ4v) is 2.94. The second-order valence-electron chi connectivity index (χ2n) is 5.32. The molecule has 1 aliphatic rings. The molecule has 1 aromatic rings. The highest BCUT2D eigenvalue weighted by Gasteiger charge is 2.27. The number of methoxy groups -OCH3 is 1. The molecule has 0 saturated carbocycles. The second kappa shape index (κ2) is 6.90. The zero-order valence-electron chi connectivity index (χ0n) is 11.7. The summed E-state index contributed by atoms with van der Waals surface area (Å²) in [6, 6.07) is 4.98. The Morgan fingerprint density at radius 3 is 2.90 bits per heavy atom. The van der Waals surface area contributed by atoms with Crippen molar-refractivity contribution in [3.8, 4) is 0 Å². The Labute approximate surface area is 129 Å². The Bertz CT molecular complexity index is 493. The van der Waals surface area contributed by atoms with Crippen molar-refractivity contribution in [2.24, 2.45) is 5.92 Å². The molecule has 0 bridgehead atoms. The summed E-state index contributed by atoms with van der Waals surface area (Å²) in [6.45, 7) is 4.22. The molecule has 1 heterocycles. The van der Waals surface area contributed by atoms with Crippen LogP contribution in [0.1, 0.15) is 23.7 Å². The van der Waals surface area contributed by atoms with Gasteiger partial charge in [0.1, 0.15) is 0 Å². The average Bonchev–Trinajstić information content (AvgIpc) is 2.43. The molecule has 1 aliphatic heterocycles. The van der Waals surface area contributed by atoms with Gasteiger partial charge in [-0.2, -0.15) is 0 Å². The lowest BCUT2D eigenvalue weighted by Gasteiger charge is -2.35. The minimum Gasteiger partial charge on any atom is -0.380 e. The number of piperidine rings is 1. The fraction of sp³-hybridized carbons (Fsp3) is 0.533. The lowest BCUT2D eigenvalue weighted by Crippen LogP contribution is -2.45. The van der Waals surface area contributed by atoms with E-state index in [1.165, 1.54) is 0 Å². The van der Waals surface area contributed by atoms with Gasteiger partial charge in [-0.25, -0.2) is 0 Å². The summed E-state index contributed by atoms with van der Waals surface area (Å²) in [5.74, 6) is 0.531. The third kappa shape index (κ3) is 3.73. The number of carbonyl (C=O) groups is 1. The van der Waals surface area contributed by atoms with E-state index in [1.54, 1.807) is 25.3 Å². The van der Waals surface area contributed by atoms with Crippen LogP contribution >= 0.6 is 23.2 Å². The second-order valence-corrected chi connectivity index (χ2v) is 6.17. The number of nitrogens with zero attached hydrogens (tertiary/aromatic N) is 1. The van der Waals surface area contributed by atoms with Gasteiger partial charge in [0.05, 0.1) is 17.7 Å². The number of ether oxygens (including phenoxy) is 1. The van der Waals surface area contributed by atoms with Gasteiger partial charge < -0.3 is 4.74 Å². The van der Waals surface area contributed by atoms with Gasteiger partial charge in [0.2, 0.25) is 0 Å². The predicted octanol–water partition coefficient (Wildman–Crippen LogP) is 3.53. The quantitative estimate of drug-likeness (QED) is 0.796. The van der Waals surface area contributed by atoms with E-state index >= 15 is 0 Å². The SMILES string of the molecule is COC1CN(CC(=O)c2cc(Cl)ccc2Cl)CCC1C. The molecule has 3 nitrogen and oxygen atoms in total. The molecule has 0 amide bonds. The topological polar surface area (TPSA) is 29.5 Å². The largest absolute Gasteiger partial charge is 0.380 e. The minimum absolute atomic E-state index is 0.00176. The van der Waals surface area contributed by atoms with Crippen LogP contribution in [-0.4, -0.2) is 43.5 Å². The molecule has 0 aliphatic carbocycles. The number of likely N-dealkylation sites (tertiary alicyclic amines) is 1. The molecule has 110 valence electrons. The lowest BCUT2D eigenvalue weighted by molar-refractivity contribution is -0.00324. The normalized spacial score (nSPS) is 23.8. The Kier molecular flexibility index (Phi) is 5.44. The number of benzene rings is 1.